The molecule has 2 atom stereocenters. The lowest BCUT2D eigenvalue weighted by Crippen LogP contribution is -2.34. The molecule has 0 spiro atoms. The number of hydrogen-bond donors (Lipinski definition) is 2. The van der Waals surface area contributed by atoms with E-state index in [0.29, 0.717) is 18.0 Å². The summed E-state index contributed by atoms with van der Waals surface area (Å²) in [6, 6.07) is 9.62. The van der Waals surface area contributed by atoms with E-state index in [1.807, 2.05) is 29.9 Å². The third kappa shape index (κ3) is 4.47. The first-order chi connectivity index (χ1) is 12.0. The van der Waals surface area contributed by atoms with E-state index in [-0.39, 0.29) is 12.1 Å². The second-order valence-electron chi connectivity index (χ2n) is 6.53. The van der Waals surface area contributed by atoms with Crippen LogP contribution in [0.1, 0.15) is 56.5 Å². The Labute approximate surface area is 150 Å². The quantitative estimate of drug-likeness (QED) is 0.771. The summed E-state index contributed by atoms with van der Waals surface area (Å²) in [7, 11) is 0. The molecule has 2 aromatic rings. The van der Waals surface area contributed by atoms with Crippen LogP contribution in [-0.4, -0.2) is 27.5 Å². The van der Waals surface area contributed by atoms with Crippen LogP contribution in [0.25, 0.3) is 5.69 Å². The molecule has 2 unspecified atom stereocenters. The molecular formula is C20H28N4O. The predicted molar refractivity (Wildman–Crippen MR) is 99.5 cm³/mol. The summed E-state index contributed by atoms with van der Waals surface area (Å²) in [6.07, 6.45) is 3.52. The maximum Gasteiger partial charge on any atom is 0.0991 e. The Morgan fingerprint density at radius 3 is 2.44 bits per heavy atom. The number of benzene rings is 1. The Kier molecular flexibility index (Phi) is 6.74. The van der Waals surface area contributed by atoms with Crippen LogP contribution in [0.5, 0.6) is 0 Å². The second kappa shape index (κ2) is 8.80. The first-order valence-electron chi connectivity index (χ1n) is 8.98. The van der Waals surface area contributed by atoms with Crippen molar-refractivity contribution in [3.63, 3.8) is 0 Å². The van der Waals surface area contributed by atoms with Crippen LogP contribution in [-0.2, 0) is 0 Å². The van der Waals surface area contributed by atoms with E-state index in [1.165, 1.54) is 0 Å². The standard InChI is InChI=1S/C20H28N4O/c1-5-17(6-2)20(25)13-22-14(3)19-12-23-24(15(19)4)18-9-7-16(11-21)8-10-18/h7-10,12,14,17,20,22,25H,5-6,13H2,1-4H3. The van der Waals surface area contributed by atoms with Gasteiger partial charge in [-0.25, -0.2) is 4.68 Å². The molecule has 5 nitrogen and oxygen atoms in total. The third-order valence-electron chi connectivity index (χ3n) is 4.98. The van der Waals surface area contributed by atoms with Crippen molar-refractivity contribution in [1.29, 1.82) is 5.26 Å². The van der Waals surface area contributed by atoms with Crippen molar-refractivity contribution in [2.75, 3.05) is 6.54 Å². The first-order valence-corrected chi connectivity index (χ1v) is 8.98. The van der Waals surface area contributed by atoms with Crippen LogP contribution >= 0.6 is 0 Å². The minimum Gasteiger partial charge on any atom is -0.392 e. The highest BCUT2D eigenvalue weighted by molar-refractivity contribution is 5.40. The van der Waals surface area contributed by atoms with Crippen LogP contribution in [0.4, 0.5) is 0 Å². The van der Waals surface area contributed by atoms with Crippen LogP contribution in [0.15, 0.2) is 30.5 Å². The highest BCUT2D eigenvalue weighted by Gasteiger charge is 2.18. The first kappa shape index (κ1) is 19.2. The molecule has 0 bridgehead atoms. The largest absolute Gasteiger partial charge is 0.392 e. The molecule has 25 heavy (non-hydrogen) atoms. The Morgan fingerprint density at radius 2 is 1.88 bits per heavy atom. The SMILES string of the molecule is CCC(CC)C(O)CNC(C)c1cnn(-c2ccc(C#N)cc2)c1C. The van der Waals surface area contributed by atoms with Crippen LogP contribution in [0.2, 0.25) is 0 Å². The van der Waals surface area contributed by atoms with Crippen molar-refractivity contribution in [2.45, 2.75) is 52.7 Å². The van der Waals surface area contributed by atoms with E-state index < -0.39 is 0 Å². The molecule has 0 saturated carbocycles. The Morgan fingerprint density at radius 1 is 1.24 bits per heavy atom. The van der Waals surface area contributed by atoms with Crippen molar-refractivity contribution in [3.8, 4) is 11.8 Å². The Balaban J connectivity index is 2.07. The van der Waals surface area contributed by atoms with E-state index >= 15 is 0 Å². The minimum absolute atomic E-state index is 0.108. The lowest BCUT2D eigenvalue weighted by atomic mass is 9.96. The molecule has 1 heterocycles. The zero-order valence-corrected chi connectivity index (χ0v) is 15.5. The summed E-state index contributed by atoms with van der Waals surface area (Å²) in [4.78, 5) is 0. The fourth-order valence-electron chi connectivity index (χ4n) is 3.19. The highest BCUT2D eigenvalue weighted by atomic mass is 16.3. The summed E-state index contributed by atoms with van der Waals surface area (Å²) in [6.45, 7) is 8.94. The van der Waals surface area contributed by atoms with Gasteiger partial charge in [-0.1, -0.05) is 26.7 Å². The zero-order chi connectivity index (χ0) is 18.4. The molecule has 5 heteroatoms. The van der Waals surface area contributed by atoms with Gasteiger partial charge in [-0.05, 0) is 44.0 Å². The van der Waals surface area contributed by atoms with Crippen LogP contribution in [0, 0.1) is 24.2 Å². The van der Waals surface area contributed by atoms with E-state index in [2.05, 4.69) is 37.3 Å². The van der Waals surface area contributed by atoms with Crippen molar-refractivity contribution in [1.82, 2.24) is 15.1 Å². The average molecular weight is 340 g/mol. The molecule has 0 aliphatic carbocycles. The molecule has 1 aromatic heterocycles. The zero-order valence-electron chi connectivity index (χ0n) is 15.5. The number of nitrogens with one attached hydrogen (secondary N) is 1. The van der Waals surface area contributed by atoms with Gasteiger partial charge >= 0.3 is 0 Å². The maximum atomic E-state index is 10.3. The minimum atomic E-state index is -0.327. The third-order valence-corrected chi connectivity index (χ3v) is 4.98. The summed E-state index contributed by atoms with van der Waals surface area (Å²) in [5, 5.41) is 27.1. The number of nitriles is 1. The van der Waals surface area contributed by atoms with E-state index in [4.69, 9.17) is 5.26 Å². The average Bonchev–Trinajstić information content (AvgIpc) is 3.02. The van der Waals surface area contributed by atoms with Gasteiger partial charge in [0.05, 0.1) is 29.6 Å². The smallest absolute Gasteiger partial charge is 0.0991 e. The second-order valence-corrected chi connectivity index (χ2v) is 6.53. The van der Waals surface area contributed by atoms with Crippen molar-refractivity contribution in [3.05, 3.63) is 47.3 Å². The van der Waals surface area contributed by atoms with Gasteiger partial charge in [0, 0.05) is 23.8 Å². The molecule has 0 aliphatic rings. The number of hydrogen-bond acceptors (Lipinski definition) is 4. The molecule has 2 rings (SSSR count). The van der Waals surface area contributed by atoms with Gasteiger partial charge in [-0.2, -0.15) is 10.4 Å². The summed E-state index contributed by atoms with van der Waals surface area (Å²) in [5.41, 5.74) is 3.74. The molecule has 0 fully saturated rings. The van der Waals surface area contributed by atoms with E-state index in [0.717, 1.165) is 29.8 Å². The molecule has 0 radical (unpaired) electrons. The van der Waals surface area contributed by atoms with Gasteiger partial charge in [-0.3, -0.25) is 0 Å². The van der Waals surface area contributed by atoms with E-state index in [9.17, 15) is 5.11 Å². The van der Waals surface area contributed by atoms with E-state index in [1.54, 1.807) is 12.1 Å². The maximum absolute atomic E-state index is 10.3. The lowest BCUT2D eigenvalue weighted by molar-refractivity contribution is 0.0988. The Hall–Kier alpha value is -2.16. The lowest BCUT2D eigenvalue weighted by Gasteiger charge is -2.23. The van der Waals surface area contributed by atoms with Gasteiger partial charge in [-0.15, -0.1) is 0 Å². The summed E-state index contributed by atoms with van der Waals surface area (Å²) in [5.74, 6) is 0.335. The fraction of sp³-hybridized carbons (Fsp3) is 0.500. The van der Waals surface area contributed by atoms with Gasteiger partial charge in [0.1, 0.15) is 0 Å². The Bertz CT molecular complexity index is 710. The monoisotopic (exact) mass is 340 g/mol. The summed E-state index contributed by atoms with van der Waals surface area (Å²) < 4.78 is 1.88. The van der Waals surface area contributed by atoms with Gasteiger partial charge in [0.15, 0.2) is 0 Å². The number of aliphatic hydroxyl groups is 1. The van der Waals surface area contributed by atoms with Crippen LogP contribution < -0.4 is 5.32 Å². The molecule has 1 aromatic carbocycles. The predicted octanol–water partition coefficient (Wildman–Crippen LogP) is 3.50. The van der Waals surface area contributed by atoms with Gasteiger partial charge in [0.25, 0.3) is 0 Å². The number of nitrogens with zero attached hydrogens (tertiary/aromatic N) is 3. The fourth-order valence-corrected chi connectivity index (χ4v) is 3.19. The van der Waals surface area contributed by atoms with Crippen molar-refractivity contribution >= 4 is 0 Å². The number of rotatable bonds is 8. The van der Waals surface area contributed by atoms with Gasteiger partial charge in [0.2, 0.25) is 0 Å². The topological polar surface area (TPSA) is 73.9 Å². The number of aliphatic hydroxyl groups excluding tert-OH is 1. The normalized spacial score (nSPS) is 13.6. The molecule has 0 aliphatic heterocycles. The van der Waals surface area contributed by atoms with Crippen molar-refractivity contribution in [2.24, 2.45) is 5.92 Å². The van der Waals surface area contributed by atoms with Crippen LogP contribution in [0.3, 0.4) is 0 Å². The molecule has 2 N–H and O–H groups in total. The molecule has 0 saturated heterocycles. The summed E-state index contributed by atoms with van der Waals surface area (Å²) >= 11 is 0. The molecule has 134 valence electrons. The molecular weight excluding hydrogens is 312 g/mol. The molecule has 0 amide bonds. The van der Waals surface area contributed by atoms with Gasteiger partial charge < -0.3 is 10.4 Å². The number of aromatic nitrogens is 2. The van der Waals surface area contributed by atoms with Crippen molar-refractivity contribution < 1.29 is 5.11 Å². The highest BCUT2D eigenvalue weighted by Crippen LogP contribution is 2.21.